The molecular weight excluding hydrogens is 196 g/mol. The summed E-state index contributed by atoms with van der Waals surface area (Å²) in [6.07, 6.45) is 4.18. The first kappa shape index (κ1) is 12.4. The van der Waals surface area contributed by atoms with Crippen molar-refractivity contribution < 1.29 is 4.74 Å². The van der Waals surface area contributed by atoms with E-state index in [-0.39, 0.29) is 0 Å². The average molecular weight is 214 g/mol. The van der Waals surface area contributed by atoms with Crippen LogP contribution in [0, 0.1) is 11.8 Å². The maximum atomic E-state index is 5.45. The summed E-state index contributed by atoms with van der Waals surface area (Å²) in [5, 5.41) is 0. The van der Waals surface area contributed by atoms with Crippen molar-refractivity contribution >= 4 is 0 Å². The molecule has 0 saturated carbocycles. The maximum Gasteiger partial charge on any atom is 0.166 e. The summed E-state index contributed by atoms with van der Waals surface area (Å²) in [7, 11) is 0. The molecule has 0 aliphatic heterocycles. The topological polar surface area (TPSA) is 9.23 Å². The summed E-state index contributed by atoms with van der Waals surface area (Å²) in [6, 6.07) is 9.95. The van der Waals surface area contributed by atoms with Crippen LogP contribution in [0.4, 0.5) is 0 Å². The van der Waals surface area contributed by atoms with E-state index >= 15 is 0 Å². The van der Waals surface area contributed by atoms with E-state index in [4.69, 9.17) is 4.74 Å². The lowest BCUT2D eigenvalue weighted by Gasteiger charge is -2.00. The van der Waals surface area contributed by atoms with Crippen molar-refractivity contribution in [2.75, 3.05) is 6.61 Å². The number of hydrogen-bond acceptors (Lipinski definition) is 1. The number of allylic oxidation sites excluding steroid dienone is 2. The Morgan fingerprint density at radius 3 is 2.62 bits per heavy atom. The van der Waals surface area contributed by atoms with E-state index in [1.54, 1.807) is 0 Å². The van der Waals surface area contributed by atoms with Gasteiger partial charge in [-0.25, -0.2) is 0 Å². The van der Waals surface area contributed by atoms with Gasteiger partial charge in [-0.1, -0.05) is 37.5 Å². The van der Waals surface area contributed by atoms with Gasteiger partial charge in [0.15, 0.2) is 5.76 Å². The molecular formula is C15H18O. The molecule has 1 aromatic rings. The Morgan fingerprint density at radius 2 is 2.00 bits per heavy atom. The molecule has 0 heterocycles. The van der Waals surface area contributed by atoms with Crippen LogP contribution in [0.25, 0.3) is 0 Å². The molecule has 1 aromatic carbocycles. The lowest BCUT2D eigenvalue weighted by molar-refractivity contribution is 0.245. The number of unbranched alkanes of at least 4 members (excludes halogenated alkanes) is 1. The minimum Gasteiger partial charge on any atom is -0.486 e. The Morgan fingerprint density at radius 1 is 1.25 bits per heavy atom. The monoisotopic (exact) mass is 214 g/mol. The fourth-order valence-corrected chi connectivity index (χ4v) is 1.23. The van der Waals surface area contributed by atoms with Gasteiger partial charge in [0.25, 0.3) is 0 Å². The van der Waals surface area contributed by atoms with Crippen LogP contribution in [-0.2, 0) is 4.74 Å². The van der Waals surface area contributed by atoms with Crippen LogP contribution < -0.4 is 0 Å². The van der Waals surface area contributed by atoms with Gasteiger partial charge >= 0.3 is 0 Å². The molecule has 0 aromatic heterocycles. The summed E-state index contributed by atoms with van der Waals surface area (Å²) in [6.45, 7) is 4.79. The predicted octanol–water partition coefficient (Wildman–Crippen LogP) is 3.76. The Bertz CT molecular complexity index is 379. The first-order chi connectivity index (χ1) is 7.86. The lowest BCUT2D eigenvalue weighted by atomic mass is 10.2. The third-order valence-electron chi connectivity index (χ3n) is 2.02. The molecule has 0 aliphatic carbocycles. The zero-order valence-electron chi connectivity index (χ0n) is 9.99. The van der Waals surface area contributed by atoms with Gasteiger partial charge < -0.3 is 4.74 Å². The van der Waals surface area contributed by atoms with E-state index in [0.717, 1.165) is 24.2 Å². The van der Waals surface area contributed by atoms with E-state index in [1.165, 1.54) is 0 Å². The van der Waals surface area contributed by atoms with Gasteiger partial charge in [0.05, 0.1) is 6.61 Å². The van der Waals surface area contributed by atoms with Crippen LogP contribution in [0.2, 0.25) is 0 Å². The van der Waals surface area contributed by atoms with E-state index < -0.39 is 0 Å². The minimum absolute atomic E-state index is 0.666. The molecule has 0 fully saturated rings. The van der Waals surface area contributed by atoms with Crippen molar-refractivity contribution in [2.45, 2.75) is 26.7 Å². The van der Waals surface area contributed by atoms with Crippen LogP contribution in [0.1, 0.15) is 32.3 Å². The first-order valence-corrected chi connectivity index (χ1v) is 5.76. The van der Waals surface area contributed by atoms with Crippen LogP contribution in [0.15, 0.2) is 42.2 Å². The Labute approximate surface area is 98.1 Å². The molecule has 0 amide bonds. The molecule has 84 valence electrons. The molecule has 1 nitrogen and oxygen atoms in total. The van der Waals surface area contributed by atoms with Crippen molar-refractivity contribution in [2.24, 2.45) is 0 Å². The summed E-state index contributed by atoms with van der Waals surface area (Å²) in [4.78, 5) is 0. The Hall–Kier alpha value is -1.68. The summed E-state index contributed by atoms with van der Waals surface area (Å²) >= 11 is 0. The van der Waals surface area contributed by atoms with Crippen LogP contribution in [-0.4, -0.2) is 6.61 Å². The van der Waals surface area contributed by atoms with Crippen LogP contribution in [0.5, 0.6) is 0 Å². The standard InChI is InChI=1S/C15H18O/c1-3-5-11-15(16-4-2)13-12-14-9-7-6-8-10-14/h6-11H,3-5H2,1-2H3/b15-11+. The Balaban J connectivity index is 2.72. The van der Waals surface area contributed by atoms with Crippen molar-refractivity contribution in [3.05, 3.63) is 47.7 Å². The van der Waals surface area contributed by atoms with Gasteiger partial charge in [0.2, 0.25) is 0 Å². The van der Waals surface area contributed by atoms with Crippen molar-refractivity contribution in [1.29, 1.82) is 0 Å². The molecule has 0 radical (unpaired) electrons. The molecule has 16 heavy (non-hydrogen) atoms. The molecule has 1 rings (SSSR count). The van der Waals surface area contributed by atoms with Crippen molar-refractivity contribution in [3.63, 3.8) is 0 Å². The lowest BCUT2D eigenvalue weighted by Crippen LogP contribution is -1.89. The fraction of sp³-hybridized carbons (Fsp3) is 0.333. The van der Waals surface area contributed by atoms with Gasteiger partial charge in [0, 0.05) is 5.56 Å². The number of rotatable bonds is 4. The third-order valence-corrected chi connectivity index (χ3v) is 2.02. The van der Waals surface area contributed by atoms with E-state index in [0.29, 0.717) is 6.61 Å². The van der Waals surface area contributed by atoms with Crippen molar-refractivity contribution in [1.82, 2.24) is 0 Å². The second-order valence-corrected chi connectivity index (χ2v) is 3.41. The molecule has 0 unspecified atom stereocenters. The van der Waals surface area contributed by atoms with E-state index in [1.807, 2.05) is 37.3 Å². The predicted molar refractivity (Wildman–Crippen MR) is 67.9 cm³/mol. The van der Waals surface area contributed by atoms with E-state index in [2.05, 4.69) is 24.8 Å². The van der Waals surface area contributed by atoms with Crippen LogP contribution in [0.3, 0.4) is 0 Å². The molecule has 0 N–H and O–H groups in total. The zero-order chi connectivity index (χ0) is 11.6. The molecule has 0 saturated heterocycles. The summed E-state index contributed by atoms with van der Waals surface area (Å²) in [5.74, 6) is 6.94. The smallest absolute Gasteiger partial charge is 0.166 e. The quantitative estimate of drug-likeness (QED) is 0.547. The zero-order valence-corrected chi connectivity index (χ0v) is 9.99. The highest BCUT2D eigenvalue weighted by Gasteiger charge is 1.90. The average Bonchev–Trinajstić information content (AvgIpc) is 2.34. The molecule has 0 atom stereocenters. The summed E-state index contributed by atoms with van der Waals surface area (Å²) < 4.78 is 5.45. The van der Waals surface area contributed by atoms with Crippen molar-refractivity contribution in [3.8, 4) is 11.8 Å². The molecule has 1 heteroatoms. The number of benzene rings is 1. The molecule has 0 spiro atoms. The first-order valence-electron chi connectivity index (χ1n) is 5.76. The van der Waals surface area contributed by atoms with Gasteiger partial charge in [0.1, 0.15) is 0 Å². The maximum absolute atomic E-state index is 5.45. The third kappa shape index (κ3) is 4.70. The van der Waals surface area contributed by atoms with Gasteiger partial charge in [-0.05, 0) is 37.5 Å². The molecule has 0 aliphatic rings. The molecule has 0 bridgehead atoms. The van der Waals surface area contributed by atoms with Gasteiger partial charge in [-0.2, -0.15) is 0 Å². The SMILES string of the molecule is CCC/C=C(\C#Cc1ccccc1)OCC. The van der Waals surface area contributed by atoms with Crippen LogP contribution >= 0.6 is 0 Å². The second-order valence-electron chi connectivity index (χ2n) is 3.41. The number of hydrogen-bond donors (Lipinski definition) is 0. The highest BCUT2D eigenvalue weighted by atomic mass is 16.5. The highest BCUT2D eigenvalue weighted by molar-refractivity contribution is 5.38. The normalized spacial score (nSPS) is 10.5. The highest BCUT2D eigenvalue weighted by Crippen LogP contribution is 2.01. The second kappa shape index (κ2) is 7.59. The van der Waals surface area contributed by atoms with Gasteiger partial charge in [-0.15, -0.1) is 0 Å². The van der Waals surface area contributed by atoms with E-state index in [9.17, 15) is 0 Å². The fourth-order valence-electron chi connectivity index (χ4n) is 1.23. The van der Waals surface area contributed by atoms with Gasteiger partial charge in [-0.3, -0.25) is 0 Å². The largest absolute Gasteiger partial charge is 0.486 e. The Kier molecular flexibility index (Phi) is 5.88. The number of ether oxygens (including phenoxy) is 1. The minimum atomic E-state index is 0.666. The summed E-state index contributed by atoms with van der Waals surface area (Å²) in [5.41, 5.74) is 1.02.